The first-order valence-electron chi connectivity index (χ1n) is 10.2. The molecule has 0 radical (unpaired) electrons. The molecule has 23 heavy (non-hydrogen) atoms. The zero-order chi connectivity index (χ0) is 16.3. The average molecular weight is 313 g/mol. The summed E-state index contributed by atoms with van der Waals surface area (Å²) in [7, 11) is 0. The molecule has 0 unspecified atom stereocenters. The molecule has 0 heteroatoms. The summed E-state index contributed by atoms with van der Waals surface area (Å²) in [6.07, 6.45) is 16.7. The van der Waals surface area contributed by atoms with Crippen molar-refractivity contribution in [3.63, 3.8) is 0 Å². The lowest BCUT2D eigenvalue weighted by atomic mass is 9.61. The fourth-order valence-electron chi connectivity index (χ4n) is 5.48. The fourth-order valence-corrected chi connectivity index (χ4v) is 5.48. The van der Waals surface area contributed by atoms with Gasteiger partial charge in [0.1, 0.15) is 0 Å². The molecule has 1 aromatic carbocycles. The van der Waals surface area contributed by atoms with Crippen LogP contribution in [0.2, 0.25) is 0 Å². The third-order valence-corrected chi connectivity index (χ3v) is 6.84. The lowest BCUT2D eigenvalue weighted by Crippen LogP contribution is -2.34. The van der Waals surface area contributed by atoms with Crippen molar-refractivity contribution in [2.24, 2.45) is 0 Å². The molecule has 0 saturated heterocycles. The van der Waals surface area contributed by atoms with Gasteiger partial charge in [0.2, 0.25) is 0 Å². The van der Waals surface area contributed by atoms with Gasteiger partial charge in [-0.3, -0.25) is 0 Å². The van der Waals surface area contributed by atoms with E-state index in [0.717, 1.165) is 0 Å². The minimum atomic E-state index is 0.428. The molecule has 0 spiro atoms. The van der Waals surface area contributed by atoms with E-state index in [1.807, 2.05) is 0 Å². The van der Waals surface area contributed by atoms with Crippen molar-refractivity contribution in [1.29, 1.82) is 0 Å². The van der Waals surface area contributed by atoms with Crippen molar-refractivity contribution in [1.82, 2.24) is 0 Å². The van der Waals surface area contributed by atoms with Gasteiger partial charge in [-0.15, -0.1) is 0 Å². The maximum absolute atomic E-state index is 2.58. The highest BCUT2D eigenvalue weighted by molar-refractivity contribution is 5.45. The first kappa shape index (κ1) is 17.1. The minimum Gasteiger partial charge on any atom is -0.0651 e. The monoisotopic (exact) mass is 312 g/mol. The Labute approximate surface area is 144 Å². The smallest absolute Gasteiger partial charge is 0.00696 e. The lowest BCUT2D eigenvalue weighted by Gasteiger charge is -2.43. The van der Waals surface area contributed by atoms with Crippen molar-refractivity contribution in [3.05, 3.63) is 34.9 Å². The molecule has 128 valence electrons. The quantitative estimate of drug-likeness (QED) is 0.557. The molecule has 0 N–H and O–H groups in total. The SMILES string of the molecule is CCCc1cccc(C2(C)CCCCC2)c1C1(C)CCCCC1. The Morgan fingerprint density at radius 3 is 1.91 bits per heavy atom. The van der Waals surface area contributed by atoms with Gasteiger partial charge >= 0.3 is 0 Å². The standard InChI is InChI=1S/C23H36/c1-4-12-19-13-11-14-20(22(2)15-7-5-8-16-22)21(19)23(3)17-9-6-10-18-23/h11,13-14H,4-10,12,15-18H2,1-3H3. The fraction of sp³-hybridized carbons (Fsp3) is 0.739. The number of benzene rings is 1. The van der Waals surface area contributed by atoms with Crippen molar-refractivity contribution >= 4 is 0 Å². The van der Waals surface area contributed by atoms with Crippen LogP contribution in [0, 0.1) is 0 Å². The summed E-state index contributed by atoms with van der Waals surface area (Å²) in [5.74, 6) is 0. The second-order valence-electron chi connectivity index (χ2n) is 8.83. The summed E-state index contributed by atoms with van der Waals surface area (Å²) in [5, 5.41) is 0. The second kappa shape index (κ2) is 6.99. The molecule has 2 fully saturated rings. The van der Waals surface area contributed by atoms with E-state index in [-0.39, 0.29) is 0 Å². The van der Waals surface area contributed by atoms with Crippen molar-refractivity contribution in [2.75, 3.05) is 0 Å². The molecule has 2 aliphatic rings. The van der Waals surface area contributed by atoms with Crippen LogP contribution in [-0.4, -0.2) is 0 Å². The third-order valence-electron chi connectivity index (χ3n) is 6.84. The molecular weight excluding hydrogens is 276 g/mol. The predicted octanol–water partition coefficient (Wildman–Crippen LogP) is 7.08. The van der Waals surface area contributed by atoms with E-state index in [1.165, 1.54) is 77.0 Å². The van der Waals surface area contributed by atoms with Gasteiger partial charge in [-0.25, -0.2) is 0 Å². The van der Waals surface area contributed by atoms with E-state index in [4.69, 9.17) is 0 Å². The highest BCUT2D eigenvalue weighted by Crippen LogP contribution is 2.48. The van der Waals surface area contributed by atoms with Crippen LogP contribution in [0.4, 0.5) is 0 Å². The van der Waals surface area contributed by atoms with Gasteiger partial charge in [0.15, 0.2) is 0 Å². The van der Waals surface area contributed by atoms with Gasteiger partial charge in [0.05, 0.1) is 0 Å². The Balaban J connectivity index is 2.09. The Kier molecular flexibility index (Phi) is 5.19. The van der Waals surface area contributed by atoms with E-state index in [1.54, 1.807) is 16.7 Å². The van der Waals surface area contributed by atoms with E-state index in [2.05, 4.69) is 39.0 Å². The molecule has 0 aromatic heterocycles. The van der Waals surface area contributed by atoms with Gasteiger partial charge in [-0.05, 0) is 59.6 Å². The summed E-state index contributed by atoms with van der Waals surface area (Å²) in [4.78, 5) is 0. The summed E-state index contributed by atoms with van der Waals surface area (Å²) in [6.45, 7) is 7.48. The topological polar surface area (TPSA) is 0 Å². The minimum absolute atomic E-state index is 0.428. The molecule has 2 saturated carbocycles. The van der Waals surface area contributed by atoms with Crippen LogP contribution in [0.25, 0.3) is 0 Å². The Morgan fingerprint density at radius 1 is 0.783 bits per heavy atom. The van der Waals surface area contributed by atoms with E-state index >= 15 is 0 Å². The Bertz CT molecular complexity index is 513. The van der Waals surface area contributed by atoms with Crippen LogP contribution >= 0.6 is 0 Å². The highest BCUT2D eigenvalue weighted by Gasteiger charge is 2.38. The van der Waals surface area contributed by atoms with Crippen LogP contribution in [0.15, 0.2) is 18.2 Å². The zero-order valence-electron chi connectivity index (χ0n) is 15.7. The lowest BCUT2D eigenvalue weighted by molar-refractivity contribution is 0.287. The van der Waals surface area contributed by atoms with Crippen LogP contribution in [-0.2, 0) is 17.3 Å². The number of hydrogen-bond donors (Lipinski definition) is 0. The maximum Gasteiger partial charge on any atom is -0.00696 e. The molecule has 0 nitrogen and oxygen atoms in total. The van der Waals surface area contributed by atoms with Gasteiger partial charge < -0.3 is 0 Å². The molecule has 1 aromatic rings. The first-order valence-corrected chi connectivity index (χ1v) is 10.2. The van der Waals surface area contributed by atoms with Gasteiger partial charge in [0.25, 0.3) is 0 Å². The van der Waals surface area contributed by atoms with Crippen molar-refractivity contribution < 1.29 is 0 Å². The summed E-state index contributed by atoms with van der Waals surface area (Å²) >= 11 is 0. The van der Waals surface area contributed by atoms with E-state index < -0.39 is 0 Å². The maximum atomic E-state index is 2.58. The van der Waals surface area contributed by atoms with Crippen LogP contribution in [0.5, 0.6) is 0 Å². The van der Waals surface area contributed by atoms with Crippen LogP contribution < -0.4 is 0 Å². The molecule has 0 heterocycles. The van der Waals surface area contributed by atoms with Gasteiger partial charge in [-0.1, -0.05) is 83.9 Å². The molecular formula is C23H36. The molecule has 0 amide bonds. The number of hydrogen-bond acceptors (Lipinski definition) is 0. The van der Waals surface area contributed by atoms with Gasteiger partial charge in [0, 0.05) is 0 Å². The normalized spacial score (nSPS) is 23.6. The molecule has 0 aliphatic heterocycles. The van der Waals surface area contributed by atoms with Crippen molar-refractivity contribution in [3.8, 4) is 0 Å². The van der Waals surface area contributed by atoms with Crippen molar-refractivity contribution in [2.45, 2.75) is 109 Å². The average Bonchev–Trinajstić information content (AvgIpc) is 2.56. The number of rotatable bonds is 4. The second-order valence-corrected chi connectivity index (χ2v) is 8.83. The van der Waals surface area contributed by atoms with Crippen LogP contribution in [0.1, 0.15) is 108 Å². The molecule has 3 rings (SSSR count). The Morgan fingerprint density at radius 2 is 1.35 bits per heavy atom. The molecule has 0 atom stereocenters. The van der Waals surface area contributed by atoms with E-state index in [0.29, 0.717) is 10.8 Å². The first-order chi connectivity index (χ1) is 11.1. The highest BCUT2D eigenvalue weighted by atomic mass is 14.4. The molecule has 2 aliphatic carbocycles. The predicted molar refractivity (Wildman–Crippen MR) is 101 cm³/mol. The molecule has 0 bridgehead atoms. The summed E-state index contributed by atoms with van der Waals surface area (Å²) in [5.41, 5.74) is 6.04. The Hall–Kier alpha value is -0.780. The number of aryl methyl sites for hydroxylation is 1. The summed E-state index contributed by atoms with van der Waals surface area (Å²) < 4.78 is 0. The van der Waals surface area contributed by atoms with Gasteiger partial charge in [-0.2, -0.15) is 0 Å². The summed E-state index contributed by atoms with van der Waals surface area (Å²) in [6, 6.07) is 7.30. The van der Waals surface area contributed by atoms with E-state index in [9.17, 15) is 0 Å². The largest absolute Gasteiger partial charge is 0.0651 e. The van der Waals surface area contributed by atoms with Crippen LogP contribution in [0.3, 0.4) is 0 Å². The zero-order valence-corrected chi connectivity index (χ0v) is 15.7. The third kappa shape index (κ3) is 3.37.